The molecule has 0 aromatic heterocycles. The third-order valence-corrected chi connectivity index (χ3v) is 7.64. The number of benzene rings is 2. The minimum Gasteiger partial charge on any atom is -0.496 e. The first-order chi connectivity index (χ1) is 15.8. The second-order valence-electron chi connectivity index (χ2n) is 9.19. The number of rotatable bonds is 8. The van der Waals surface area contributed by atoms with E-state index in [1.165, 1.54) is 4.90 Å². The molecular formula is C26H32N2O5. The smallest absolute Gasteiger partial charge is 0.325 e. The van der Waals surface area contributed by atoms with Crippen molar-refractivity contribution in [2.75, 3.05) is 13.7 Å². The zero-order chi connectivity index (χ0) is 23.9. The number of carboxylic acids is 1. The molecule has 2 aliphatic heterocycles. The van der Waals surface area contributed by atoms with Crippen molar-refractivity contribution in [1.29, 1.82) is 0 Å². The fourth-order valence-electron chi connectivity index (χ4n) is 5.73. The summed E-state index contributed by atoms with van der Waals surface area (Å²) >= 11 is 0. The van der Waals surface area contributed by atoms with Crippen LogP contribution in [0.2, 0.25) is 0 Å². The first-order valence-corrected chi connectivity index (χ1v) is 11.7. The number of imide groups is 1. The highest BCUT2D eigenvalue weighted by atomic mass is 16.5. The first kappa shape index (κ1) is 23.2. The van der Waals surface area contributed by atoms with E-state index in [-0.39, 0.29) is 17.7 Å². The maximum Gasteiger partial charge on any atom is 0.325 e. The standard InChI is InChI=1S/C26H32N2O5/c1-5-7-14-28-23(29)20-21(24(28)30)26(25(31)32,15(3)6-2)27-22(20)18-12-13-19(33-4)17-11-9-8-10-16(17)18/h8-13,15,20-22,27H,5-7,14H2,1-4H3,(H,31,32). The number of methoxy groups -OCH3 is 1. The molecule has 0 aliphatic carbocycles. The van der Waals surface area contributed by atoms with Crippen molar-refractivity contribution in [2.24, 2.45) is 17.8 Å². The molecule has 2 N–H and O–H groups in total. The summed E-state index contributed by atoms with van der Waals surface area (Å²) < 4.78 is 5.52. The lowest BCUT2D eigenvalue weighted by Crippen LogP contribution is -2.59. The van der Waals surface area contributed by atoms with Crippen LogP contribution in [-0.2, 0) is 14.4 Å². The van der Waals surface area contributed by atoms with Crippen molar-refractivity contribution in [3.05, 3.63) is 42.0 Å². The molecule has 2 aromatic carbocycles. The van der Waals surface area contributed by atoms with Gasteiger partial charge in [-0.05, 0) is 29.4 Å². The Hall–Kier alpha value is -2.93. The van der Waals surface area contributed by atoms with Crippen molar-refractivity contribution in [2.45, 2.75) is 51.6 Å². The highest BCUT2D eigenvalue weighted by Crippen LogP contribution is 2.53. The monoisotopic (exact) mass is 452 g/mol. The third-order valence-electron chi connectivity index (χ3n) is 7.64. The van der Waals surface area contributed by atoms with E-state index in [1.54, 1.807) is 7.11 Å². The number of hydrogen-bond acceptors (Lipinski definition) is 5. The Kier molecular flexibility index (Phi) is 6.18. The third kappa shape index (κ3) is 3.32. The van der Waals surface area contributed by atoms with Crippen molar-refractivity contribution in [1.82, 2.24) is 10.2 Å². The lowest BCUT2D eigenvalue weighted by Gasteiger charge is -2.36. The number of nitrogens with zero attached hydrogens (tertiary/aromatic N) is 1. The lowest BCUT2D eigenvalue weighted by molar-refractivity contribution is -0.154. The molecule has 2 saturated heterocycles. The average molecular weight is 453 g/mol. The Morgan fingerprint density at radius 3 is 2.45 bits per heavy atom. The van der Waals surface area contributed by atoms with E-state index in [0.29, 0.717) is 25.1 Å². The van der Waals surface area contributed by atoms with Gasteiger partial charge < -0.3 is 9.84 Å². The largest absolute Gasteiger partial charge is 0.496 e. The molecule has 0 saturated carbocycles. The molecule has 2 amide bonds. The first-order valence-electron chi connectivity index (χ1n) is 11.7. The van der Waals surface area contributed by atoms with Gasteiger partial charge in [-0.2, -0.15) is 0 Å². The number of carbonyl (C=O) groups excluding carboxylic acids is 2. The Bertz CT molecular complexity index is 1100. The van der Waals surface area contributed by atoms with Crippen LogP contribution in [0.4, 0.5) is 0 Å². The van der Waals surface area contributed by atoms with Crippen LogP contribution in [0, 0.1) is 17.8 Å². The molecule has 2 aromatic rings. The van der Waals surface area contributed by atoms with Gasteiger partial charge in [-0.1, -0.05) is 63.9 Å². The predicted molar refractivity (Wildman–Crippen MR) is 125 cm³/mol. The van der Waals surface area contributed by atoms with Crippen molar-refractivity contribution < 1.29 is 24.2 Å². The summed E-state index contributed by atoms with van der Waals surface area (Å²) in [7, 11) is 1.61. The number of carbonyl (C=O) groups is 3. The number of ether oxygens (including phenoxy) is 1. The summed E-state index contributed by atoms with van der Waals surface area (Å²) in [6.07, 6.45) is 2.10. The van der Waals surface area contributed by atoms with Gasteiger partial charge in [0.25, 0.3) is 0 Å². The topological polar surface area (TPSA) is 95.9 Å². The molecule has 33 heavy (non-hydrogen) atoms. The summed E-state index contributed by atoms with van der Waals surface area (Å²) in [6, 6.07) is 10.8. The summed E-state index contributed by atoms with van der Waals surface area (Å²) in [6.45, 7) is 6.09. The van der Waals surface area contributed by atoms with Gasteiger partial charge >= 0.3 is 5.97 Å². The van der Waals surface area contributed by atoms with E-state index in [4.69, 9.17) is 4.74 Å². The van der Waals surface area contributed by atoms with Crippen molar-refractivity contribution >= 4 is 28.6 Å². The number of hydrogen-bond donors (Lipinski definition) is 2. The Morgan fingerprint density at radius 2 is 1.85 bits per heavy atom. The Labute approximate surface area is 194 Å². The van der Waals surface area contributed by atoms with Crippen LogP contribution in [-0.4, -0.2) is 47.0 Å². The van der Waals surface area contributed by atoms with Gasteiger partial charge in [-0.3, -0.25) is 24.6 Å². The zero-order valence-electron chi connectivity index (χ0n) is 19.6. The molecule has 7 nitrogen and oxygen atoms in total. The number of nitrogens with one attached hydrogen (secondary N) is 1. The minimum absolute atomic E-state index is 0.276. The number of unbranched alkanes of at least 4 members (excludes halogenated alkanes) is 1. The van der Waals surface area contributed by atoms with Crippen LogP contribution in [0.25, 0.3) is 10.8 Å². The van der Waals surface area contributed by atoms with Crippen LogP contribution in [0.5, 0.6) is 5.75 Å². The number of carboxylic acid groups (broad SMARTS) is 1. The Balaban J connectivity index is 1.92. The molecule has 4 rings (SSSR count). The van der Waals surface area contributed by atoms with Crippen molar-refractivity contribution in [3.63, 3.8) is 0 Å². The maximum absolute atomic E-state index is 13.6. The molecule has 0 radical (unpaired) electrons. The zero-order valence-corrected chi connectivity index (χ0v) is 19.6. The van der Waals surface area contributed by atoms with E-state index >= 15 is 0 Å². The second-order valence-corrected chi connectivity index (χ2v) is 9.19. The van der Waals surface area contributed by atoms with E-state index in [1.807, 2.05) is 57.2 Å². The van der Waals surface area contributed by atoms with Crippen LogP contribution >= 0.6 is 0 Å². The number of likely N-dealkylation sites (tertiary alicyclic amines) is 1. The van der Waals surface area contributed by atoms with Gasteiger partial charge in [0.05, 0.1) is 18.9 Å². The van der Waals surface area contributed by atoms with Gasteiger partial charge in [0.1, 0.15) is 11.3 Å². The predicted octanol–water partition coefficient (Wildman–Crippen LogP) is 3.76. The quantitative estimate of drug-likeness (QED) is 0.592. The van der Waals surface area contributed by atoms with E-state index in [0.717, 1.165) is 22.8 Å². The van der Waals surface area contributed by atoms with Crippen molar-refractivity contribution in [3.8, 4) is 5.75 Å². The van der Waals surface area contributed by atoms with E-state index in [9.17, 15) is 19.5 Å². The van der Waals surface area contributed by atoms with Crippen LogP contribution in [0.3, 0.4) is 0 Å². The molecule has 7 heteroatoms. The van der Waals surface area contributed by atoms with Gasteiger partial charge in [0.15, 0.2) is 0 Å². The molecule has 0 bridgehead atoms. The normalized spacial score (nSPS) is 27.8. The molecule has 2 heterocycles. The van der Waals surface area contributed by atoms with Crippen LogP contribution in [0.15, 0.2) is 36.4 Å². The lowest BCUT2D eigenvalue weighted by atomic mass is 9.71. The minimum atomic E-state index is -1.52. The fraction of sp³-hybridized carbons (Fsp3) is 0.500. The molecule has 5 atom stereocenters. The van der Waals surface area contributed by atoms with Gasteiger partial charge in [-0.25, -0.2) is 0 Å². The molecular weight excluding hydrogens is 420 g/mol. The summed E-state index contributed by atoms with van der Waals surface area (Å²) in [5, 5.41) is 15.6. The van der Waals surface area contributed by atoms with E-state index < -0.39 is 29.4 Å². The van der Waals surface area contributed by atoms with Crippen LogP contribution in [0.1, 0.15) is 51.6 Å². The highest BCUT2D eigenvalue weighted by Gasteiger charge is 2.69. The molecule has 2 fully saturated rings. The second kappa shape index (κ2) is 8.78. The SMILES string of the molecule is CCCCN1C(=O)C2C(c3ccc(OC)c4ccccc34)NC(C(=O)O)(C(C)CC)C2C1=O. The number of amides is 2. The maximum atomic E-state index is 13.6. The van der Waals surface area contributed by atoms with Gasteiger partial charge in [-0.15, -0.1) is 0 Å². The molecule has 2 aliphatic rings. The Morgan fingerprint density at radius 1 is 1.15 bits per heavy atom. The number of aliphatic carboxylic acids is 1. The molecule has 176 valence electrons. The van der Waals surface area contributed by atoms with Gasteiger partial charge in [0, 0.05) is 18.0 Å². The van der Waals surface area contributed by atoms with Gasteiger partial charge in [0.2, 0.25) is 11.8 Å². The average Bonchev–Trinajstić information content (AvgIpc) is 3.31. The number of fused-ring (bicyclic) bond motifs is 2. The summed E-state index contributed by atoms with van der Waals surface area (Å²) in [5.74, 6) is -3.08. The molecule has 5 unspecified atom stereocenters. The van der Waals surface area contributed by atoms with Crippen LogP contribution < -0.4 is 10.1 Å². The highest BCUT2D eigenvalue weighted by molar-refractivity contribution is 6.10. The van der Waals surface area contributed by atoms with E-state index in [2.05, 4.69) is 5.32 Å². The summed E-state index contributed by atoms with van der Waals surface area (Å²) in [4.78, 5) is 41.3. The molecule has 0 spiro atoms. The summed E-state index contributed by atoms with van der Waals surface area (Å²) in [5.41, 5.74) is -0.704. The fourth-order valence-corrected chi connectivity index (χ4v) is 5.73.